The standard InChI is InChI=1S/C13H16N4O2/c14-12(18)10-4-9-5-15-8-16-13(9)17(6-10)7-11-2-1-3-19-11/h5-6,8,11H,1-4,7H2,(H2,14,18). The molecular formula is C13H16N4O2. The van der Waals surface area contributed by atoms with Crippen molar-refractivity contribution in [3.63, 3.8) is 0 Å². The zero-order chi connectivity index (χ0) is 13.2. The van der Waals surface area contributed by atoms with Crippen molar-refractivity contribution in [1.29, 1.82) is 0 Å². The third-order valence-electron chi connectivity index (χ3n) is 3.47. The Morgan fingerprint density at radius 1 is 1.58 bits per heavy atom. The van der Waals surface area contributed by atoms with E-state index < -0.39 is 5.91 Å². The van der Waals surface area contributed by atoms with Crippen molar-refractivity contribution >= 4 is 11.7 Å². The zero-order valence-corrected chi connectivity index (χ0v) is 10.6. The van der Waals surface area contributed by atoms with Gasteiger partial charge in [0.05, 0.1) is 12.6 Å². The average molecular weight is 260 g/mol. The van der Waals surface area contributed by atoms with Crippen molar-refractivity contribution in [3.05, 3.63) is 29.9 Å². The monoisotopic (exact) mass is 260 g/mol. The maximum atomic E-state index is 11.4. The van der Waals surface area contributed by atoms with Gasteiger partial charge in [0.15, 0.2) is 0 Å². The average Bonchev–Trinajstić information content (AvgIpc) is 2.91. The van der Waals surface area contributed by atoms with Crippen LogP contribution in [0.4, 0.5) is 5.82 Å². The molecule has 1 atom stereocenters. The Morgan fingerprint density at radius 3 is 3.21 bits per heavy atom. The van der Waals surface area contributed by atoms with E-state index in [2.05, 4.69) is 9.97 Å². The Bertz CT molecular complexity index is 523. The summed E-state index contributed by atoms with van der Waals surface area (Å²) in [6.07, 6.45) is 7.85. The minimum absolute atomic E-state index is 0.186. The fourth-order valence-corrected chi connectivity index (χ4v) is 2.53. The third kappa shape index (κ3) is 2.44. The van der Waals surface area contributed by atoms with Crippen LogP contribution in [0.2, 0.25) is 0 Å². The highest BCUT2D eigenvalue weighted by Crippen LogP contribution is 2.27. The number of fused-ring (bicyclic) bond motifs is 1. The van der Waals surface area contributed by atoms with E-state index in [9.17, 15) is 4.79 Å². The van der Waals surface area contributed by atoms with Crippen LogP contribution in [0.15, 0.2) is 24.3 Å². The van der Waals surface area contributed by atoms with Gasteiger partial charge in [-0.3, -0.25) is 4.79 Å². The van der Waals surface area contributed by atoms with Crippen LogP contribution in [0.3, 0.4) is 0 Å². The number of carbonyl (C=O) groups excluding carboxylic acids is 1. The molecule has 6 heteroatoms. The molecule has 3 rings (SSSR count). The number of nitrogens with zero attached hydrogens (tertiary/aromatic N) is 3. The number of rotatable bonds is 3. The summed E-state index contributed by atoms with van der Waals surface area (Å²) in [4.78, 5) is 21.7. The van der Waals surface area contributed by atoms with Gasteiger partial charge in [-0.15, -0.1) is 0 Å². The minimum atomic E-state index is -0.396. The second-order valence-corrected chi connectivity index (χ2v) is 4.85. The van der Waals surface area contributed by atoms with Crippen molar-refractivity contribution in [3.8, 4) is 0 Å². The van der Waals surface area contributed by atoms with Crippen molar-refractivity contribution in [2.24, 2.45) is 5.73 Å². The van der Waals surface area contributed by atoms with Gasteiger partial charge >= 0.3 is 0 Å². The fraction of sp³-hybridized carbons (Fsp3) is 0.462. The summed E-state index contributed by atoms with van der Waals surface area (Å²) in [5.74, 6) is 0.447. The molecule has 0 spiro atoms. The lowest BCUT2D eigenvalue weighted by Gasteiger charge is -2.28. The number of hydrogen-bond donors (Lipinski definition) is 1. The molecule has 6 nitrogen and oxygen atoms in total. The molecule has 0 aliphatic carbocycles. The molecule has 1 saturated heterocycles. The van der Waals surface area contributed by atoms with Gasteiger partial charge in [-0.25, -0.2) is 9.97 Å². The summed E-state index contributed by atoms with van der Waals surface area (Å²) in [5, 5.41) is 0. The summed E-state index contributed by atoms with van der Waals surface area (Å²) in [5.41, 5.74) is 6.90. The molecule has 2 aliphatic heterocycles. The van der Waals surface area contributed by atoms with Gasteiger partial charge in [0.1, 0.15) is 12.1 Å². The number of hydrogen-bond acceptors (Lipinski definition) is 5. The van der Waals surface area contributed by atoms with Crippen LogP contribution >= 0.6 is 0 Å². The summed E-state index contributed by atoms with van der Waals surface area (Å²) < 4.78 is 5.64. The Labute approximate surface area is 111 Å². The zero-order valence-electron chi connectivity index (χ0n) is 10.6. The molecule has 0 saturated carbocycles. The minimum Gasteiger partial charge on any atom is -0.376 e. The smallest absolute Gasteiger partial charge is 0.246 e. The van der Waals surface area contributed by atoms with Gasteiger partial charge in [-0.05, 0) is 12.8 Å². The van der Waals surface area contributed by atoms with Crippen LogP contribution in [0.5, 0.6) is 0 Å². The highest BCUT2D eigenvalue weighted by atomic mass is 16.5. The molecule has 2 N–H and O–H groups in total. The lowest BCUT2D eigenvalue weighted by molar-refractivity contribution is -0.114. The molecule has 0 bridgehead atoms. The van der Waals surface area contributed by atoms with E-state index in [0.717, 1.165) is 30.8 Å². The molecule has 1 aromatic heterocycles. The molecule has 2 aliphatic rings. The van der Waals surface area contributed by atoms with Crippen LogP contribution in [0, 0.1) is 0 Å². The highest BCUT2D eigenvalue weighted by Gasteiger charge is 2.25. The van der Waals surface area contributed by atoms with Crippen LogP contribution < -0.4 is 10.6 Å². The van der Waals surface area contributed by atoms with E-state index in [1.807, 2.05) is 4.90 Å². The second kappa shape index (κ2) is 4.97. The number of primary amides is 1. The normalized spacial score (nSPS) is 22.0. The van der Waals surface area contributed by atoms with Gasteiger partial charge in [-0.2, -0.15) is 0 Å². The maximum absolute atomic E-state index is 11.4. The third-order valence-corrected chi connectivity index (χ3v) is 3.47. The predicted octanol–water partition coefficient (Wildman–Crippen LogP) is 0.387. The van der Waals surface area contributed by atoms with Crippen molar-refractivity contribution in [1.82, 2.24) is 9.97 Å². The molecule has 3 heterocycles. The first-order chi connectivity index (χ1) is 9.24. The summed E-state index contributed by atoms with van der Waals surface area (Å²) in [6.45, 7) is 1.50. The highest BCUT2D eigenvalue weighted by molar-refractivity contribution is 5.93. The van der Waals surface area contributed by atoms with E-state index in [1.54, 1.807) is 12.4 Å². The van der Waals surface area contributed by atoms with E-state index in [0.29, 0.717) is 18.5 Å². The summed E-state index contributed by atoms with van der Waals surface area (Å²) in [7, 11) is 0. The van der Waals surface area contributed by atoms with Crippen LogP contribution in [0.25, 0.3) is 0 Å². The van der Waals surface area contributed by atoms with Crippen molar-refractivity contribution in [2.45, 2.75) is 25.4 Å². The molecule has 1 unspecified atom stereocenters. The van der Waals surface area contributed by atoms with Crippen LogP contribution in [0.1, 0.15) is 18.4 Å². The van der Waals surface area contributed by atoms with Gasteiger partial charge in [-0.1, -0.05) is 0 Å². The fourth-order valence-electron chi connectivity index (χ4n) is 2.53. The Kier molecular flexibility index (Phi) is 3.16. The lowest BCUT2D eigenvalue weighted by atomic mass is 10.0. The number of carbonyl (C=O) groups is 1. The number of aromatic nitrogens is 2. The summed E-state index contributed by atoms with van der Waals surface area (Å²) >= 11 is 0. The van der Waals surface area contributed by atoms with Gasteiger partial charge < -0.3 is 15.4 Å². The molecule has 1 fully saturated rings. The first kappa shape index (κ1) is 12.1. The molecule has 0 radical (unpaired) electrons. The van der Waals surface area contributed by atoms with Crippen molar-refractivity contribution < 1.29 is 9.53 Å². The molecule has 1 aromatic rings. The molecule has 19 heavy (non-hydrogen) atoms. The number of nitrogens with two attached hydrogens (primary N) is 1. The number of amides is 1. The van der Waals surface area contributed by atoms with Gasteiger partial charge in [0, 0.05) is 36.6 Å². The Morgan fingerprint density at radius 2 is 2.47 bits per heavy atom. The Hall–Kier alpha value is -1.95. The van der Waals surface area contributed by atoms with E-state index in [4.69, 9.17) is 10.5 Å². The van der Waals surface area contributed by atoms with E-state index in [1.165, 1.54) is 6.33 Å². The topological polar surface area (TPSA) is 81.3 Å². The molecule has 1 amide bonds. The molecule has 100 valence electrons. The SMILES string of the molecule is NC(=O)C1=CN(CC2CCCO2)c2ncncc2C1. The van der Waals surface area contributed by atoms with E-state index in [-0.39, 0.29) is 6.10 Å². The molecular weight excluding hydrogens is 244 g/mol. The van der Waals surface area contributed by atoms with E-state index >= 15 is 0 Å². The van der Waals surface area contributed by atoms with Gasteiger partial charge in [0.25, 0.3) is 0 Å². The number of anilines is 1. The quantitative estimate of drug-likeness (QED) is 0.850. The van der Waals surface area contributed by atoms with Crippen LogP contribution in [-0.4, -0.2) is 35.1 Å². The first-order valence-electron chi connectivity index (χ1n) is 6.41. The second-order valence-electron chi connectivity index (χ2n) is 4.85. The van der Waals surface area contributed by atoms with Crippen LogP contribution in [-0.2, 0) is 16.0 Å². The lowest BCUT2D eigenvalue weighted by Crippen LogP contribution is -2.33. The summed E-state index contributed by atoms with van der Waals surface area (Å²) in [6, 6.07) is 0. The van der Waals surface area contributed by atoms with Gasteiger partial charge in [0.2, 0.25) is 5.91 Å². The molecule has 0 aromatic carbocycles. The Balaban J connectivity index is 1.88. The maximum Gasteiger partial charge on any atom is 0.246 e. The largest absolute Gasteiger partial charge is 0.376 e. The predicted molar refractivity (Wildman–Crippen MR) is 69.3 cm³/mol. The number of ether oxygens (including phenoxy) is 1. The van der Waals surface area contributed by atoms with Crippen molar-refractivity contribution in [2.75, 3.05) is 18.1 Å². The first-order valence-corrected chi connectivity index (χ1v) is 6.41.